The van der Waals surface area contributed by atoms with Crippen LogP contribution in [-0.4, -0.2) is 25.1 Å². The van der Waals surface area contributed by atoms with E-state index in [9.17, 15) is 4.39 Å². The molecule has 4 aromatic rings. The normalized spacial score (nSPS) is 11.0. The number of benzene rings is 2. The maximum Gasteiger partial charge on any atom is 0.282 e. The number of nitrogen functional groups attached to an aromatic ring is 1. The number of aromatic nitrogens is 5. The third-order valence-electron chi connectivity index (χ3n) is 3.50. The van der Waals surface area contributed by atoms with Gasteiger partial charge in [0, 0.05) is 5.02 Å². The van der Waals surface area contributed by atoms with Crippen LogP contribution in [0.3, 0.4) is 0 Å². The van der Waals surface area contributed by atoms with Gasteiger partial charge in [-0.25, -0.2) is 4.39 Å². The topological polar surface area (TPSA) is 95.7 Å². The molecule has 0 saturated carbocycles. The zero-order chi connectivity index (χ0) is 17.4. The average molecular weight is 357 g/mol. The van der Waals surface area contributed by atoms with Crippen LogP contribution in [-0.2, 0) is 0 Å². The third kappa shape index (κ3) is 2.72. The molecule has 2 aromatic heterocycles. The van der Waals surface area contributed by atoms with Crippen molar-refractivity contribution in [3.63, 3.8) is 0 Å². The van der Waals surface area contributed by atoms with E-state index in [-0.39, 0.29) is 28.8 Å². The van der Waals surface area contributed by atoms with Crippen molar-refractivity contribution in [3.8, 4) is 28.7 Å². The van der Waals surface area contributed by atoms with Crippen LogP contribution in [0.1, 0.15) is 0 Å². The molecule has 9 heteroatoms. The highest BCUT2D eigenvalue weighted by atomic mass is 35.5. The van der Waals surface area contributed by atoms with E-state index in [4.69, 9.17) is 21.9 Å². The molecule has 0 atom stereocenters. The molecule has 2 heterocycles. The van der Waals surface area contributed by atoms with E-state index in [1.807, 2.05) is 0 Å². The van der Waals surface area contributed by atoms with Crippen LogP contribution in [0.4, 0.5) is 10.2 Å². The summed E-state index contributed by atoms with van der Waals surface area (Å²) in [6.07, 6.45) is 0. The SMILES string of the molecule is Nc1c(-c2nc(-c3ccccc3F)no2)nnn1-c1cccc(Cl)c1. The van der Waals surface area contributed by atoms with Gasteiger partial charge < -0.3 is 10.3 Å². The second-order valence-corrected chi connectivity index (χ2v) is 5.55. The first-order valence-corrected chi connectivity index (χ1v) is 7.57. The van der Waals surface area contributed by atoms with E-state index in [2.05, 4.69) is 20.5 Å². The fourth-order valence-electron chi connectivity index (χ4n) is 2.31. The number of rotatable bonds is 3. The third-order valence-corrected chi connectivity index (χ3v) is 3.74. The monoisotopic (exact) mass is 356 g/mol. The largest absolute Gasteiger partial charge is 0.382 e. The first kappa shape index (κ1) is 15.3. The molecule has 0 amide bonds. The van der Waals surface area contributed by atoms with Crippen molar-refractivity contribution in [2.24, 2.45) is 0 Å². The summed E-state index contributed by atoms with van der Waals surface area (Å²) < 4.78 is 20.4. The molecule has 0 radical (unpaired) electrons. The molecule has 7 nitrogen and oxygen atoms in total. The van der Waals surface area contributed by atoms with Crippen LogP contribution in [0.5, 0.6) is 0 Å². The number of nitrogens with zero attached hydrogens (tertiary/aromatic N) is 5. The van der Waals surface area contributed by atoms with Gasteiger partial charge in [-0.05, 0) is 30.3 Å². The maximum atomic E-state index is 13.8. The van der Waals surface area contributed by atoms with Crippen molar-refractivity contribution < 1.29 is 8.91 Å². The van der Waals surface area contributed by atoms with Crippen LogP contribution < -0.4 is 5.73 Å². The zero-order valence-electron chi connectivity index (χ0n) is 12.6. The fraction of sp³-hybridized carbons (Fsp3) is 0. The van der Waals surface area contributed by atoms with Crippen molar-refractivity contribution in [2.45, 2.75) is 0 Å². The molecular formula is C16H10ClFN6O. The molecule has 2 aromatic carbocycles. The second kappa shape index (κ2) is 5.99. The molecule has 0 bridgehead atoms. The van der Waals surface area contributed by atoms with E-state index >= 15 is 0 Å². The van der Waals surface area contributed by atoms with Crippen molar-refractivity contribution in [1.82, 2.24) is 25.1 Å². The summed E-state index contributed by atoms with van der Waals surface area (Å²) in [5.41, 5.74) is 7.15. The van der Waals surface area contributed by atoms with Gasteiger partial charge in [0.25, 0.3) is 5.89 Å². The molecule has 0 aliphatic heterocycles. The molecule has 0 unspecified atom stereocenters. The molecule has 0 aliphatic carbocycles. The quantitative estimate of drug-likeness (QED) is 0.604. The first-order valence-electron chi connectivity index (χ1n) is 7.19. The van der Waals surface area contributed by atoms with Crippen LogP contribution in [0.25, 0.3) is 28.7 Å². The summed E-state index contributed by atoms with van der Waals surface area (Å²) in [6.45, 7) is 0. The van der Waals surface area contributed by atoms with Crippen molar-refractivity contribution in [3.05, 3.63) is 59.4 Å². The van der Waals surface area contributed by atoms with E-state index in [0.29, 0.717) is 10.7 Å². The van der Waals surface area contributed by atoms with Gasteiger partial charge in [0.05, 0.1) is 11.3 Å². The highest BCUT2D eigenvalue weighted by Gasteiger charge is 2.20. The number of halogens is 2. The van der Waals surface area contributed by atoms with E-state index in [0.717, 1.165) is 0 Å². The molecule has 124 valence electrons. The minimum Gasteiger partial charge on any atom is -0.382 e. The van der Waals surface area contributed by atoms with E-state index in [1.165, 1.54) is 10.7 Å². The fourth-order valence-corrected chi connectivity index (χ4v) is 2.50. The molecular weight excluding hydrogens is 347 g/mol. The smallest absolute Gasteiger partial charge is 0.282 e. The number of hydrogen-bond donors (Lipinski definition) is 1. The lowest BCUT2D eigenvalue weighted by Crippen LogP contribution is -2.02. The van der Waals surface area contributed by atoms with Crippen LogP contribution in [0, 0.1) is 5.82 Å². The summed E-state index contributed by atoms with van der Waals surface area (Å²) >= 11 is 5.98. The Bertz CT molecular complexity index is 1060. The van der Waals surface area contributed by atoms with Gasteiger partial charge in [-0.1, -0.05) is 40.2 Å². The Morgan fingerprint density at radius 3 is 2.76 bits per heavy atom. The van der Waals surface area contributed by atoms with Gasteiger partial charge in [0.1, 0.15) is 5.82 Å². The van der Waals surface area contributed by atoms with Crippen LogP contribution in [0.15, 0.2) is 53.1 Å². The lowest BCUT2D eigenvalue weighted by atomic mass is 10.2. The number of hydrogen-bond acceptors (Lipinski definition) is 6. The average Bonchev–Trinajstić information content (AvgIpc) is 3.22. The Hall–Kier alpha value is -3.26. The van der Waals surface area contributed by atoms with E-state index in [1.54, 1.807) is 42.5 Å². The summed E-state index contributed by atoms with van der Waals surface area (Å²) in [6, 6.07) is 13.1. The number of nitrogens with two attached hydrogens (primary N) is 1. The minimum atomic E-state index is -0.453. The van der Waals surface area contributed by atoms with Gasteiger partial charge in [-0.15, -0.1) is 5.10 Å². The summed E-state index contributed by atoms with van der Waals surface area (Å²) in [5.74, 6) is -0.106. The summed E-state index contributed by atoms with van der Waals surface area (Å²) in [5, 5.41) is 12.3. The highest BCUT2D eigenvalue weighted by Crippen LogP contribution is 2.27. The van der Waals surface area contributed by atoms with Gasteiger partial charge in [-0.2, -0.15) is 9.67 Å². The predicted octanol–water partition coefficient (Wildman–Crippen LogP) is 3.36. The van der Waals surface area contributed by atoms with E-state index < -0.39 is 5.82 Å². The number of anilines is 1. The second-order valence-electron chi connectivity index (χ2n) is 5.12. The predicted molar refractivity (Wildman–Crippen MR) is 89.5 cm³/mol. The Labute approximate surface area is 145 Å². The molecule has 0 fully saturated rings. The Morgan fingerprint density at radius 1 is 1.12 bits per heavy atom. The van der Waals surface area contributed by atoms with Crippen molar-refractivity contribution in [1.29, 1.82) is 0 Å². The lowest BCUT2D eigenvalue weighted by molar-refractivity contribution is 0.430. The van der Waals surface area contributed by atoms with Gasteiger partial charge >= 0.3 is 0 Å². The highest BCUT2D eigenvalue weighted by molar-refractivity contribution is 6.30. The first-order chi connectivity index (χ1) is 12.1. The standard InChI is InChI=1S/C16H10ClFN6O/c17-9-4-3-5-10(8-9)24-14(19)13(21-23-24)16-20-15(22-25-16)11-6-1-2-7-12(11)18/h1-8H,19H2. The zero-order valence-corrected chi connectivity index (χ0v) is 13.4. The molecule has 4 rings (SSSR count). The van der Waals surface area contributed by atoms with Gasteiger partial charge in [0.2, 0.25) is 5.82 Å². The van der Waals surface area contributed by atoms with Gasteiger partial charge in [-0.3, -0.25) is 0 Å². The summed E-state index contributed by atoms with van der Waals surface area (Å²) in [4.78, 5) is 4.16. The maximum absolute atomic E-state index is 13.8. The van der Waals surface area contributed by atoms with Crippen LogP contribution >= 0.6 is 11.6 Å². The Kier molecular flexibility index (Phi) is 3.66. The molecule has 0 saturated heterocycles. The Balaban J connectivity index is 1.74. The molecule has 2 N–H and O–H groups in total. The lowest BCUT2D eigenvalue weighted by Gasteiger charge is -2.02. The minimum absolute atomic E-state index is 0.0454. The van der Waals surface area contributed by atoms with Gasteiger partial charge in [0.15, 0.2) is 11.5 Å². The Morgan fingerprint density at radius 2 is 1.96 bits per heavy atom. The molecule has 0 spiro atoms. The molecule has 0 aliphatic rings. The molecule has 25 heavy (non-hydrogen) atoms. The van der Waals surface area contributed by atoms with Crippen LogP contribution in [0.2, 0.25) is 5.02 Å². The van der Waals surface area contributed by atoms with Crippen molar-refractivity contribution in [2.75, 3.05) is 5.73 Å². The summed E-state index contributed by atoms with van der Waals surface area (Å²) in [7, 11) is 0. The van der Waals surface area contributed by atoms with Crippen molar-refractivity contribution >= 4 is 17.4 Å².